The predicted molar refractivity (Wildman–Crippen MR) is 73.4 cm³/mol. The Labute approximate surface area is 110 Å². The van der Waals surface area contributed by atoms with E-state index in [-0.39, 0.29) is 23.1 Å². The first kappa shape index (κ1) is 12.8. The second-order valence-corrected chi connectivity index (χ2v) is 4.15. The SMILES string of the molecule is CN(C(=O)c1ccc(N)c(O)c1)c1ccc(O)cc1. The fraction of sp³-hybridized carbons (Fsp3) is 0.0714. The van der Waals surface area contributed by atoms with Crippen LogP contribution >= 0.6 is 0 Å². The molecular weight excluding hydrogens is 244 g/mol. The van der Waals surface area contributed by atoms with E-state index >= 15 is 0 Å². The van der Waals surface area contributed by atoms with Crippen molar-refractivity contribution in [2.45, 2.75) is 0 Å². The van der Waals surface area contributed by atoms with E-state index in [1.165, 1.54) is 29.2 Å². The molecule has 0 aliphatic rings. The van der Waals surface area contributed by atoms with Gasteiger partial charge in [0.1, 0.15) is 11.5 Å². The van der Waals surface area contributed by atoms with Gasteiger partial charge in [0.15, 0.2) is 0 Å². The molecule has 98 valence electrons. The largest absolute Gasteiger partial charge is 0.508 e. The summed E-state index contributed by atoms with van der Waals surface area (Å²) in [7, 11) is 1.61. The van der Waals surface area contributed by atoms with Crippen LogP contribution in [0.25, 0.3) is 0 Å². The number of carbonyl (C=O) groups excluding carboxylic acids is 1. The smallest absolute Gasteiger partial charge is 0.258 e. The number of phenols is 2. The summed E-state index contributed by atoms with van der Waals surface area (Å²) in [6, 6.07) is 10.6. The van der Waals surface area contributed by atoms with E-state index in [4.69, 9.17) is 5.73 Å². The highest BCUT2D eigenvalue weighted by Gasteiger charge is 2.14. The summed E-state index contributed by atoms with van der Waals surface area (Å²) in [6.07, 6.45) is 0. The minimum Gasteiger partial charge on any atom is -0.508 e. The Balaban J connectivity index is 2.28. The van der Waals surface area contributed by atoms with Crippen molar-refractivity contribution in [2.24, 2.45) is 0 Å². The highest BCUT2D eigenvalue weighted by molar-refractivity contribution is 6.06. The molecule has 0 atom stereocenters. The molecule has 0 saturated heterocycles. The van der Waals surface area contributed by atoms with Gasteiger partial charge >= 0.3 is 0 Å². The Morgan fingerprint density at radius 2 is 1.74 bits per heavy atom. The first-order chi connectivity index (χ1) is 8.99. The number of aromatic hydroxyl groups is 2. The van der Waals surface area contributed by atoms with Crippen LogP contribution in [0.1, 0.15) is 10.4 Å². The van der Waals surface area contributed by atoms with Crippen molar-refractivity contribution in [3.8, 4) is 11.5 Å². The number of carbonyl (C=O) groups is 1. The molecule has 0 spiro atoms. The number of nitrogens with zero attached hydrogens (tertiary/aromatic N) is 1. The molecule has 0 saturated carbocycles. The van der Waals surface area contributed by atoms with E-state index in [1.54, 1.807) is 25.2 Å². The van der Waals surface area contributed by atoms with Crippen molar-refractivity contribution in [1.82, 2.24) is 0 Å². The number of nitrogen functional groups attached to an aromatic ring is 1. The minimum atomic E-state index is -0.277. The Morgan fingerprint density at radius 3 is 2.32 bits per heavy atom. The van der Waals surface area contributed by atoms with Gasteiger partial charge in [0.2, 0.25) is 0 Å². The van der Waals surface area contributed by atoms with Crippen molar-refractivity contribution in [1.29, 1.82) is 0 Å². The fourth-order valence-electron chi connectivity index (χ4n) is 1.66. The van der Waals surface area contributed by atoms with Crippen molar-refractivity contribution in [3.05, 3.63) is 48.0 Å². The van der Waals surface area contributed by atoms with Crippen LogP contribution in [0.2, 0.25) is 0 Å². The highest BCUT2D eigenvalue weighted by atomic mass is 16.3. The molecule has 0 unspecified atom stereocenters. The number of nitrogens with two attached hydrogens (primary N) is 1. The summed E-state index contributed by atoms with van der Waals surface area (Å²) in [5.74, 6) is -0.263. The average Bonchev–Trinajstić information content (AvgIpc) is 2.41. The average molecular weight is 258 g/mol. The van der Waals surface area contributed by atoms with Crippen LogP contribution in [0, 0.1) is 0 Å². The maximum atomic E-state index is 12.2. The summed E-state index contributed by atoms with van der Waals surface area (Å²) in [6.45, 7) is 0. The number of hydrogen-bond donors (Lipinski definition) is 3. The van der Waals surface area contributed by atoms with Crippen molar-refractivity contribution < 1.29 is 15.0 Å². The standard InChI is InChI=1S/C14H14N2O3/c1-16(10-3-5-11(17)6-4-10)14(19)9-2-7-12(15)13(18)8-9/h2-8,17-18H,15H2,1H3. The molecule has 4 N–H and O–H groups in total. The number of hydrogen-bond acceptors (Lipinski definition) is 4. The molecule has 2 rings (SSSR count). The third-order valence-electron chi connectivity index (χ3n) is 2.82. The Morgan fingerprint density at radius 1 is 1.11 bits per heavy atom. The molecule has 5 heteroatoms. The van der Waals surface area contributed by atoms with Gasteiger partial charge in [0.25, 0.3) is 5.91 Å². The van der Waals surface area contributed by atoms with Crippen LogP contribution in [0.15, 0.2) is 42.5 Å². The van der Waals surface area contributed by atoms with E-state index in [2.05, 4.69) is 0 Å². The van der Waals surface area contributed by atoms with Gasteiger partial charge in [-0.15, -0.1) is 0 Å². The monoisotopic (exact) mass is 258 g/mol. The van der Waals surface area contributed by atoms with E-state index in [1.807, 2.05) is 0 Å². The Hall–Kier alpha value is -2.69. The van der Waals surface area contributed by atoms with Gasteiger partial charge in [0.05, 0.1) is 5.69 Å². The van der Waals surface area contributed by atoms with Crippen molar-refractivity contribution in [2.75, 3.05) is 17.7 Å². The van der Waals surface area contributed by atoms with Crippen LogP contribution in [0.3, 0.4) is 0 Å². The molecule has 0 aliphatic heterocycles. The third kappa shape index (κ3) is 2.60. The number of phenolic OH excluding ortho intramolecular Hbond substituents is 2. The topological polar surface area (TPSA) is 86.8 Å². The molecule has 0 radical (unpaired) electrons. The maximum Gasteiger partial charge on any atom is 0.258 e. The number of rotatable bonds is 2. The molecule has 2 aromatic rings. The van der Waals surface area contributed by atoms with Crippen LogP contribution in [-0.2, 0) is 0 Å². The molecule has 0 aromatic heterocycles. The third-order valence-corrected chi connectivity index (χ3v) is 2.82. The number of benzene rings is 2. The number of amides is 1. The minimum absolute atomic E-state index is 0.120. The van der Waals surface area contributed by atoms with Crippen LogP contribution < -0.4 is 10.6 Å². The summed E-state index contributed by atoms with van der Waals surface area (Å²) in [4.78, 5) is 13.6. The van der Waals surface area contributed by atoms with Crippen LogP contribution in [-0.4, -0.2) is 23.2 Å². The summed E-state index contributed by atoms with van der Waals surface area (Å²) in [5, 5.41) is 18.7. The molecular formula is C14H14N2O3. The second-order valence-electron chi connectivity index (χ2n) is 4.15. The Bertz CT molecular complexity index is 609. The van der Waals surface area contributed by atoms with Gasteiger partial charge in [-0.3, -0.25) is 4.79 Å². The van der Waals surface area contributed by atoms with Gasteiger partial charge in [0, 0.05) is 18.3 Å². The molecule has 1 amide bonds. The maximum absolute atomic E-state index is 12.2. The first-order valence-corrected chi connectivity index (χ1v) is 5.64. The van der Waals surface area contributed by atoms with Crippen molar-refractivity contribution >= 4 is 17.3 Å². The van der Waals surface area contributed by atoms with Gasteiger partial charge in [-0.25, -0.2) is 0 Å². The second kappa shape index (κ2) is 4.89. The lowest BCUT2D eigenvalue weighted by molar-refractivity contribution is 0.0992. The van der Waals surface area contributed by atoms with Crippen molar-refractivity contribution in [3.63, 3.8) is 0 Å². The zero-order valence-electron chi connectivity index (χ0n) is 10.4. The zero-order chi connectivity index (χ0) is 14.0. The molecule has 0 heterocycles. The van der Waals surface area contributed by atoms with Crippen LogP contribution in [0.5, 0.6) is 11.5 Å². The Kier molecular flexibility index (Phi) is 3.29. The van der Waals surface area contributed by atoms with Gasteiger partial charge < -0.3 is 20.8 Å². The fourth-order valence-corrected chi connectivity index (χ4v) is 1.66. The highest BCUT2D eigenvalue weighted by Crippen LogP contribution is 2.23. The molecule has 2 aromatic carbocycles. The van der Waals surface area contributed by atoms with E-state index in [0.717, 1.165) is 0 Å². The summed E-state index contributed by atoms with van der Waals surface area (Å²) in [5.41, 5.74) is 6.69. The number of anilines is 2. The van der Waals surface area contributed by atoms with Gasteiger partial charge in [-0.1, -0.05) is 0 Å². The van der Waals surface area contributed by atoms with Gasteiger partial charge in [-0.05, 0) is 42.5 Å². The molecule has 0 fully saturated rings. The summed E-state index contributed by atoms with van der Waals surface area (Å²) < 4.78 is 0. The lowest BCUT2D eigenvalue weighted by atomic mass is 10.1. The zero-order valence-corrected chi connectivity index (χ0v) is 10.4. The van der Waals surface area contributed by atoms with E-state index < -0.39 is 0 Å². The lowest BCUT2D eigenvalue weighted by Crippen LogP contribution is -2.26. The normalized spacial score (nSPS) is 10.2. The first-order valence-electron chi connectivity index (χ1n) is 5.64. The predicted octanol–water partition coefficient (Wildman–Crippen LogP) is 1.96. The van der Waals surface area contributed by atoms with E-state index in [9.17, 15) is 15.0 Å². The lowest BCUT2D eigenvalue weighted by Gasteiger charge is -2.17. The molecule has 0 aliphatic carbocycles. The molecule has 0 bridgehead atoms. The molecule has 19 heavy (non-hydrogen) atoms. The van der Waals surface area contributed by atoms with E-state index in [0.29, 0.717) is 11.3 Å². The van der Waals surface area contributed by atoms with Gasteiger partial charge in [-0.2, -0.15) is 0 Å². The quantitative estimate of drug-likeness (QED) is 0.567. The van der Waals surface area contributed by atoms with Crippen LogP contribution in [0.4, 0.5) is 11.4 Å². The summed E-state index contributed by atoms with van der Waals surface area (Å²) >= 11 is 0. The molecule has 5 nitrogen and oxygen atoms in total.